The van der Waals surface area contributed by atoms with E-state index in [2.05, 4.69) is 9.88 Å². The van der Waals surface area contributed by atoms with E-state index in [9.17, 15) is 9.59 Å². The summed E-state index contributed by atoms with van der Waals surface area (Å²) in [5, 5.41) is 0.597. The molecule has 0 atom stereocenters. The largest absolute Gasteiger partial charge is 0.492 e. The van der Waals surface area contributed by atoms with E-state index in [1.807, 2.05) is 46.7 Å². The normalized spacial score (nSPS) is 14.8. The van der Waals surface area contributed by atoms with Crippen LogP contribution in [0.15, 0.2) is 52.5 Å². The molecule has 3 rings (SSSR count). The van der Waals surface area contributed by atoms with Crippen LogP contribution in [0.2, 0.25) is 0 Å². The maximum atomic E-state index is 12.5. The van der Waals surface area contributed by atoms with Crippen LogP contribution in [0.3, 0.4) is 0 Å². The van der Waals surface area contributed by atoms with Gasteiger partial charge in [-0.1, -0.05) is 30.0 Å². The van der Waals surface area contributed by atoms with E-state index < -0.39 is 0 Å². The molecule has 2 aromatic rings. The number of thioether (sulfide) groups is 1. The van der Waals surface area contributed by atoms with Crippen molar-refractivity contribution < 1.29 is 9.53 Å². The third-order valence-electron chi connectivity index (χ3n) is 4.66. The Balaban J connectivity index is 1.39. The Hall–Kier alpha value is -2.32. The molecule has 150 valence electrons. The second-order valence-corrected chi connectivity index (χ2v) is 7.45. The Morgan fingerprint density at radius 2 is 1.89 bits per heavy atom. The molecule has 1 aliphatic heterocycles. The van der Waals surface area contributed by atoms with Gasteiger partial charge in [-0.3, -0.25) is 14.5 Å². The molecule has 0 unspecified atom stereocenters. The minimum Gasteiger partial charge on any atom is -0.492 e. The van der Waals surface area contributed by atoms with E-state index in [0.717, 1.165) is 25.4 Å². The van der Waals surface area contributed by atoms with E-state index in [0.29, 0.717) is 37.2 Å². The highest BCUT2D eigenvalue weighted by molar-refractivity contribution is 7.99. The highest BCUT2D eigenvalue weighted by atomic mass is 32.2. The summed E-state index contributed by atoms with van der Waals surface area (Å²) in [6, 6.07) is 11.2. The molecule has 1 aromatic heterocycles. The predicted molar refractivity (Wildman–Crippen MR) is 110 cm³/mol. The standard InChI is InChI=1S/C20H26N4O3S/c1-2-23-9-8-18(25)21-20(23)28-16-19(26)24-12-10-22(11-13-24)14-15-27-17-6-4-3-5-7-17/h3-9H,2,10-16H2,1H3. The van der Waals surface area contributed by atoms with Gasteiger partial charge in [0.1, 0.15) is 12.4 Å². The lowest BCUT2D eigenvalue weighted by Gasteiger charge is -2.34. The van der Waals surface area contributed by atoms with Crippen molar-refractivity contribution in [2.75, 3.05) is 45.1 Å². The first kappa shape index (κ1) is 20.4. The van der Waals surface area contributed by atoms with Crippen LogP contribution in [-0.4, -0.2) is 70.3 Å². The summed E-state index contributed by atoms with van der Waals surface area (Å²) in [5.41, 5.74) is -0.272. The van der Waals surface area contributed by atoms with Crippen molar-refractivity contribution in [3.05, 3.63) is 52.9 Å². The molecular formula is C20H26N4O3S. The molecule has 7 nitrogen and oxygen atoms in total. The number of aromatic nitrogens is 2. The fourth-order valence-electron chi connectivity index (χ4n) is 3.02. The number of nitrogens with zero attached hydrogens (tertiary/aromatic N) is 4. The highest BCUT2D eigenvalue weighted by Crippen LogP contribution is 2.15. The van der Waals surface area contributed by atoms with E-state index in [1.165, 1.54) is 17.8 Å². The molecular weight excluding hydrogens is 376 g/mol. The average Bonchev–Trinajstić information content (AvgIpc) is 2.73. The number of carbonyl (C=O) groups is 1. The zero-order valence-electron chi connectivity index (χ0n) is 16.1. The average molecular weight is 403 g/mol. The van der Waals surface area contributed by atoms with Crippen molar-refractivity contribution in [3.63, 3.8) is 0 Å². The molecule has 0 spiro atoms. The number of hydrogen-bond donors (Lipinski definition) is 0. The Morgan fingerprint density at radius 1 is 1.14 bits per heavy atom. The summed E-state index contributed by atoms with van der Waals surface area (Å²) >= 11 is 1.33. The van der Waals surface area contributed by atoms with Gasteiger partial charge in [0.15, 0.2) is 5.16 Å². The number of benzene rings is 1. The molecule has 1 amide bonds. The third-order valence-corrected chi connectivity index (χ3v) is 5.63. The van der Waals surface area contributed by atoms with Crippen molar-refractivity contribution in [2.45, 2.75) is 18.6 Å². The second-order valence-electron chi connectivity index (χ2n) is 6.51. The molecule has 1 fully saturated rings. The van der Waals surface area contributed by atoms with Gasteiger partial charge in [-0.15, -0.1) is 0 Å². The molecule has 28 heavy (non-hydrogen) atoms. The Bertz CT molecular complexity index is 820. The van der Waals surface area contributed by atoms with Crippen molar-refractivity contribution in [1.29, 1.82) is 0 Å². The fraction of sp³-hybridized carbons (Fsp3) is 0.450. The van der Waals surface area contributed by atoms with Gasteiger partial charge in [0, 0.05) is 51.5 Å². The zero-order valence-corrected chi connectivity index (χ0v) is 16.9. The number of rotatable bonds is 8. The topological polar surface area (TPSA) is 67.7 Å². The van der Waals surface area contributed by atoms with E-state index in [1.54, 1.807) is 6.20 Å². The summed E-state index contributed by atoms with van der Waals surface area (Å²) in [6.07, 6.45) is 1.72. The lowest BCUT2D eigenvalue weighted by Crippen LogP contribution is -2.50. The number of hydrogen-bond acceptors (Lipinski definition) is 6. The summed E-state index contributed by atoms with van der Waals surface area (Å²) in [5.74, 6) is 1.27. The molecule has 2 heterocycles. The van der Waals surface area contributed by atoms with Crippen LogP contribution < -0.4 is 10.3 Å². The fourth-order valence-corrected chi connectivity index (χ4v) is 3.96. The molecule has 0 N–H and O–H groups in total. The van der Waals surface area contributed by atoms with E-state index in [-0.39, 0.29) is 11.5 Å². The molecule has 0 aliphatic carbocycles. The van der Waals surface area contributed by atoms with Gasteiger partial charge in [0.05, 0.1) is 5.75 Å². The van der Waals surface area contributed by atoms with Crippen molar-refractivity contribution >= 4 is 17.7 Å². The van der Waals surface area contributed by atoms with Crippen LogP contribution in [0, 0.1) is 0 Å². The second kappa shape index (κ2) is 10.3. The van der Waals surface area contributed by atoms with Crippen LogP contribution in [0.5, 0.6) is 5.75 Å². The maximum Gasteiger partial charge on any atom is 0.273 e. The van der Waals surface area contributed by atoms with Crippen LogP contribution in [0.1, 0.15) is 6.92 Å². The highest BCUT2D eigenvalue weighted by Gasteiger charge is 2.21. The first-order valence-corrected chi connectivity index (χ1v) is 10.5. The predicted octanol–water partition coefficient (Wildman–Crippen LogP) is 1.58. The first-order chi connectivity index (χ1) is 13.7. The first-order valence-electron chi connectivity index (χ1n) is 9.54. The van der Waals surface area contributed by atoms with Gasteiger partial charge < -0.3 is 14.2 Å². The van der Waals surface area contributed by atoms with Gasteiger partial charge in [0.25, 0.3) is 5.56 Å². The molecule has 1 aromatic carbocycles. The number of amides is 1. The molecule has 0 bridgehead atoms. The summed E-state index contributed by atoms with van der Waals surface area (Å²) in [6.45, 7) is 7.31. The lowest BCUT2D eigenvalue weighted by molar-refractivity contribution is -0.130. The third kappa shape index (κ3) is 5.84. The number of piperazine rings is 1. The maximum absolute atomic E-state index is 12.5. The minimum atomic E-state index is -0.272. The summed E-state index contributed by atoms with van der Waals surface area (Å²) in [4.78, 5) is 32.2. The van der Waals surface area contributed by atoms with Gasteiger partial charge in [-0.25, -0.2) is 0 Å². The van der Waals surface area contributed by atoms with E-state index in [4.69, 9.17) is 4.74 Å². The van der Waals surface area contributed by atoms with Gasteiger partial charge in [-0.2, -0.15) is 4.98 Å². The zero-order chi connectivity index (χ0) is 19.8. The summed E-state index contributed by atoms with van der Waals surface area (Å²) < 4.78 is 7.62. The van der Waals surface area contributed by atoms with Crippen molar-refractivity contribution in [3.8, 4) is 5.75 Å². The smallest absolute Gasteiger partial charge is 0.273 e. The Labute approximate surface area is 169 Å². The van der Waals surface area contributed by atoms with Crippen molar-refractivity contribution in [1.82, 2.24) is 19.4 Å². The van der Waals surface area contributed by atoms with Crippen LogP contribution in [-0.2, 0) is 11.3 Å². The van der Waals surface area contributed by atoms with Gasteiger partial charge >= 0.3 is 0 Å². The van der Waals surface area contributed by atoms with Crippen molar-refractivity contribution in [2.24, 2.45) is 0 Å². The minimum absolute atomic E-state index is 0.0888. The summed E-state index contributed by atoms with van der Waals surface area (Å²) in [7, 11) is 0. The molecule has 1 aliphatic rings. The number of para-hydroxylation sites is 1. The number of aryl methyl sites for hydroxylation is 1. The quantitative estimate of drug-likeness (QED) is 0.493. The molecule has 0 radical (unpaired) electrons. The monoisotopic (exact) mass is 402 g/mol. The molecule has 8 heteroatoms. The lowest BCUT2D eigenvalue weighted by atomic mass is 10.3. The Kier molecular flexibility index (Phi) is 7.50. The van der Waals surface area contributed by atoms with E-state index >= 15 is 0 Å². The molecule has 1 saturated heterocycles. The Morgan fingerprint density at radius 3 is 2.61 bits per heavy atom. The number of carbonyl (C=O) groups excluding carboxylic acids is 1. The van der Waals surface area contributed by atoms with Gasteiger partial charge in [-0.05, 0) is 19.1 Å². The SMILES string of the molecule is CCn1ccc(=O)nc1SCC(=O)N1CCN(CCOc2ccccc2)CC1. The van der Waals surface area contributed by atoms with Crippen LogP contribution in [0.25, 0.3) is 0 Å². The van der Waals surface area contributed by atoms with Crippen LogP contribution >= 0.6 is 11.8 Å². The number of ether oxygens (including phenoxy) is 1. The van der Waals surface area contributed by atoms with Gasteiger partial charge in [0.2, 0.25) is 5.91 Å². The van der Waals surface area contributed by atoms with Crippen LogP contribution in [0.4, 0.5) is 0 Å². The molecule has 0 saturated carbocycles.